The van der Waals surface area contributed by atoms with Crippen LogP contribution in [0.4, 0.5) is 21.6 Å². The molecule has 0 bridgehead atoms. The molecule has 0 atom stereocenters. The van der Waals surface area contributed by atoms with E-state index in [0.717, 1.165) is 30.3 Å². The molecule has 0 aliphatic carbocycles. The topological polar surface area (TPSA) is 78.9 Å². The highest BCUT2D eigenvalue weighted by Crippen LogP contribution is 2.45. The van der Waals surface area contributed by atoms with Crippen LogP contribution < -0.4 is 9.80 Å². The maximum absolute atomic E-state index is 14.1. The number of ether oxygens (including phenoxy) is 1. The lowest BCUT2D eigenvalue weighted by atomic mass is 9.72. The van der Waals surface area contributed by atoms with Crippen LogP contribution in [-0.2, 0) is 10.2 Å². The number of halogens is 2. The van der Waals surface area contributed by atoms with Gasteiger partial charge in [0.05, 0.1) is 28.6 Å². The lowest BCUT2D eigenvalue weighted by Gasteiger charge is -2.60. The smallest absolute Gasteiger partial charge is 0.339 e. The van der Waals surface area contributed by atoms with Crippen LogP contribution >= 0.6 is 11.6 Å². The van der Waals surface area contributed by atoms with Crippen molar-refractivity contribution in [1.29, 1.82) is 0 Å². The van der Waals surface area contributed by atoms with Gasteiger partial charge in [-0.2, -0.15) is 0 Å². The third kappa shape index (κ3) is 4.38. The quantitative estimate of drug-likeness (QED) is 0.421. The summed E-state index contributed by atoms with van der Waals surface area (Å²) in [5.74, 6) is -0.109. The molecule has 0 unspecified atom stereocenters. The first-order valence-electron chi connectivity index (χ1n) is 13.0. The second-order valence-electron chi connectivity index (χ2n) is 11.3. The third-order valence-electron chi connectivity index (χ3n) is 7.77. The summed E-state index contributed by atoms with van der Waals surface area (Å²) in [5, 5.41) is 0.0848. The van der Waals surface area contributed by atoms with E-state index in [4.69, 9.17) is 21.3 Å². The fraction of sp³-hybridized carbons (Fsp3) is 0.379. The van der Waals surface area contributed by atoms with Gasteiger partial charge >= 0.3 is 5.97 Å². The molecular weight excluding hydrogens is 521 g/mol. The number of likely N-dealkylation sites (tertiary alicyclic amines) is 1. The fourth-order valence-corrected chi connectivity index (χ4v) is 5.95. The minimum atomic E-state index is -0.467. The molecule has 10 heteroatoms. The van der Waals surface area contributed by atoms with Crippen LogP contribution in [0.3, 0.4) is 0 Å². The Bertz CT molecular complexity index is 1460. The number of carbonyl (C=O) groups excluding carboxylic acids is 2. The summed E-state index contributed by atoms with van der Waals surface area (Å²) in [4.78, 5) is 40.4. The Kier molecular flexibility index (Phi) is 6.02. The normalized spacial score (nSPS) is 18.4. The van der Waals surface area contributed by atoms with Crippen LogP contribution in [0, 0.1) is 11.2 Å². The van der Waals surface area contributed by atoms with Crippen molar-refractivity contribution in [2.24, 2.45) is 5.41 Å². The van der Waals surface area contributed by atoms with E-state index in [-0.39, 0.29) is 27.7 Å². The maximum Gasteiger partial charge on any atom is 0.339 e. The van der Waals surface area contributed by atoms with E-state index in [0.29, 0.717) is 43.2 Å². The highest BCUT2D eigenvalue weighted by molar-refractivity contribution is 6.30. The summed E-state index contributed by atoms with van der Waals surface area (Å²) in [7, 11) is 0. The average Bonchev–Trinajstić information content (AvgIpc) is 3.14. The molecule has 2 saturated heterocycles. The van der Waals surface area contributed by atoms with Gasteiger partial charge in [-0.25, -0.2) is 19.2 Å². The van der Waals surface area contributed by atoms with Gasteiger partial charge in [0, 0.05) is 55.4 Å². The molecule has 1 aromatic carbocycles. The van der Waals surface area contributed by atoms with Crippen molar-refractivity contribution in [3.05, 3.63) is 76.5 Å². The lowest BCUT2D eigenvalue weighted by molar-refractivity contribution is -0.0111. The second-order valence-corrected chi connectivity index (χ2v) is 11.7. The summed E-state index contributed by atoms with van der Waals surface area (Å²) in [5.41, 5.74) is 3.00. The summed E-state index contributed by atoms with van der Waals surface area (Å²) in [6.45, 7) is 9.82. The molecule has 5 heterocycles. The van der Waals surface area contributed by atoms with Crippen LogP contribution in [0.15, 0.2) is 48.7 Å². The Morgan fingerprint density at radius 2 is 1.82 bits per heavy atom. The van der Waals surface area contributed by atoms with Crippen molar-refractivity contribution in [2.75, 3.05) is 49.1 Å². The zero-order chi connectivity index (χ0) is 27.5. The number of carbonyl (C=O) groups is 2. The maximum atomic E-state index is 14.1. The van der Waals surface area contributed by atoms with Crippen molar-refractivity contribution in [3.8, 4) is 0 Å². The number of aromatic nitrogens is 2. The molecule has 0 N–H and O–H groups in total. The standard InChI is InChI=1S/C29H29ClFN5O3/c1-4-39-27(38)18-5-10-24(32-12-18)34-14-29(15-34)16-35(17-29)26(37)22-8-9-23-25(33-22)28(2,3)13-36(23)19-6-7-20(30)21(31)11-19/h5-12H,4,13-17H2,1-3H3. The fourth-order valence-electron chi connectivity index (χ4n) is 5.83. The van der Waals surface area contributed by atoms with Gasteiger partial charge in [0.25, 0.3) is 5.91 Å². The number of anilines is 3. The number of hydrogen-bond donors (Lipinski definition) is 0. The zero-order valence-corrected chi connectivity index (χ0v) is 22.8. The van der Waals surface area contributed by atoms with Gasteiger partial charge in [-0.1, -0.05) is 25.4 Å². The molecule has 1 amide bonds. The van der Waals surface area contributed by atoms with E-state index in [1.54, 1.807) is 37.4 Å². The number of hydrogen-bond acceptors (Lipinski definition) is 7. The van der Waals surface area contributed by atoms with E-state index in [9.17, 15) is 14.0 Å². The van der Waals surface area contributed by atoms with Gasteiger partial charge in [0.1, 0.15) is 17.3 Å². The monoisotopic (exact) mass is 549 g/mol. The Hall–Kier alpha value is -3.72. The number of pyridine rings is 2. The van der Waals surface area contributed by atoms with Crippen molar-refractivity contribution < 1.29 is 18.7 Å². The Balaban J connectivity index is 1.10. The van der Waals surface area contributed by atoms with Crippen molar-refractivity contribution >= 4 is 40.7 Å². The van der Waals surface area contributed by atoms with E-state index in [1.165, 1.54) is 6.07 Å². The van der Waals surface area contributed by atoms with Crippen LogP contribution in [-0.4, -0.2) is 66.1 Å². The second kappa shape index (κ2) is 9.19. The first kappa shape index (κ1) is 25.6. The summed E-state index contributed by atoms with van der Waals surface area (Å²) in [6, 6.07) is 12.0. The minimum absolute atomic E-state index is 0.0581. The molecule has 3 aromatic rings. The number of rotatable bonds is 5. The van der Waals surface area contributed by atoms with Crippen LogP contribution in [0.25, 0.3) is 0 Å². The molecule has 6 rings (SSSR count). The first-order valence-corrected chi connectivity index (χ1v) is 13.4. The average molecular weight is 550 g/mol. The number of nitrogens with zero attached hydrogens (tertiary/aromatic N) is 5. The number of benzene rings is 1. The van der Waals surface area contributed by atoms with E-state index >= 15 is 0 Å². The summed E-state index contributed by atoms with van der Waals surface area (Å²) in [6.07, 6.45) is 1.54. The molecule has 0 radical (unpaired) electrons. The van der Waals surface area contributed by atoms with Gasteiger partial charge < -0.3 is 19.4 Å². The molecule has 3 aliphatic heterocycles. The van der Waals surface area contributed by atoms with Gasteiger partial charge in [0.2, 0.25) is 0 Å². The number of fused-ring (bicyclic) bond motifs is 1. The molecule has 8 nitrogen and oxygen atoms in total. The Labute approximate surface area is 231 Å². The van der Waals surface area contributed by atoms with E-state index < -0.39 is 5.82 Å². The zero-order valence-electron chi connectivity index (χ0n) is 22.1. The van der Waals surface area contributed by atoms with Crippen molar-refractivity contribution in [2.45, 2.75) is 26.2 Å². The van der Waals surface area contributed by atoms with Crippen molar-refractivity contribution in [1.82, 2.24) is 14.9 Å². The largest absolute Gasteiger partial charge is 0.462 e. The molecule has 39 heavy (non-hydrogen) atoms. The molecule has 2 fully saturated rings. The van der Waals surface area contributed by atoms with Gasteiger partial charge in [0.15, 0.2) is 0 Å². The highest BCUT2D eigenvalue weighted by Gasteiger charge is 2.54. The summed E-state index contributed by atoms with van der Waals surface area (Å²) >= 11 is 5.88. The number of amides is 1. The molecule has 202 valence electrons. The molecule has 3 aliphatic rings. The Morgan fingerprint density at radius 1 is 1.05 bits per heavy atom. The van der Waals surface area contributed by atoms with E-state index in [1.807, 2.05) is 21.9 Å². The van der Waals surface area contributed by atoms with Crippen LogP contribution in [0.1, 0.15) is 47.3 Å². The first-order chi connectivity index (χ1) is 18.6. The lowest BCUT2D eigenvalue weighted by Crippen LogP contribution is -2.73. The van der Waals surface area contributed by atoms with Crippen LogP contribution in [0.5, 0.6) is 0 Å². The van der Waals surface area contributed by atoms with Crippen molar-refractivity contribution in [3.63, 3.8) is 0 Å². The van der Waals surface area contributed by atoms with Gasteiger partial charge in [-0.3, -0.25) is 4.79 Å². The Morgan fingerprint density at radius 3 is 2.49 bits per heavy atom. The number of esters is 1. The molecule has 0 saturated carbocycles. The predicted molar refractivity (Wildman–Crippen MR) is 146 cm³/mol. The van der Waals surface area contributed by atoms with Gasteiger partial charge in [-0.15, -0.1) is 0 Å². The predicted octanol–water partition coefficient (Wildman–Crippen LogP) is 4.84. The van der Waals surface area contributed by atoms with Crippen LogP contribution in [0.2, 0.25) is 5.02 Å². The van der Waals surface area contributed by atoms with Gasteiger partial charge in [-0.05, 0) is 49.4 Å². The minimum Gasteiger partial charge on any atom is -0.462 e. The molecule has 1 spiro atoms. The third-order valence-corrected chi connectivity index (χ3v) is 8.07. The SMILES string of the molecule is CCOC(=O)c1ccc(N2CC3(CN(C(=O)c4ccc5c(n4)C(C)(C)CN5c4ccc(Cl)c(F)c4)C3)C2)nc1. The highest BCUT2D eigenvalue weighted by atomic mass is 35.5. The summed E-state index contributed by atoms with van der Waals surface area (Å²) < 4.78 is 19.2. The molecular formula is C29H29ClFN5O3. The van der Waals surface area contributed by atoms with E-state index in [2.05, 4.69) is 23.7 Å². The molecule has 2 aromatic heterocycles.